The zero-order valence-electron chi connectivity index (χ0n) is 16.7. The number of nitrogens with zero attached hydrogens (tertiary/aromatic N) is 3. The minimum atomic E-state index is -0.116. The van der Waals surface area contributed by atoms with E-state index < -0.39 is 0 Å². The second-order valence-electron chi connectivity index (χ2n) is 7.08. The summed E-state index contributed by atoms with van der Waals surface area (Å²) in [6, 6.07) is 15.2. The Hall–Kier alpha value is -3.35. The van der Waals surface area contributed by atoms with Crippen molar-refractivity contribution in [2.75, 3.05) is 20.8 Å². The van der Waals surface area contributed by atoms with Gasteiger partial charge in [-0.3, -0.25) is 4.79 Å². The van der Waals surface area contributed by atoms with Gasteiger partial charge in [0.15, 0.2) is 0 Å². The molecule has 29 heavy (non-hydrogen) atoms. The highest BCUT2D eigenvalue weighted by Gasteiger charge is 2.37. The van der Waals surface area contributed by atoms with Crippen LogP contribution >= 0.6 is 0 Å². The van der Waals surface area contributed by atoms with Gasteiger partial charge >= 0.3 is 0 Å². The summed E-state index contributed by atoms with van der Waals surface area (Å²) in [6.45, 7) is 2.57. The second kappa shape index (κ2) is 7.95. The normalized spacial score (nSPS) is 17.4. The van der Waals surface area contributed by atoms with Crippen LogP contribution < -0.4 is 9.47 Å². The fourth-order valence-electron chi connectivity index (χ4n) is 3.61. The van der Waals surface area contributed by atoms with Gasteiger partial charge < -0.3 is 18.9 Å². The maximum Gasteiger partial charge on any atom is 0.232 e. The van der Waals surface area contributed by atoms with Crippen LogP contribution in [0.4, 0.5) is 0 Å². The molecule has 1 aromatic heterocycles. The molecule has 1 aliphatic heterocycles. The minimum Gasteiger partial charge on any atom is -0.497 e. The molecule has 150 valence electrons. The average Bonchev–Trinajstić information content (AvgIpc) is 3.40. The Balaban J connectivity index is 1.49. The summed E-state index contributed by atoms with van der Waals surface area (Å²) in [4.78, 5) is 19.0. The van der Waals surface area contributed by atoms with Crippen molar-refractivity contribution in [2.24, 2.45) is 0 Å². The van der Waals surface area contributed by atoms with E-state index in [0.717, 1.165) is 22.6 Å². The third-order valence-corrected chi connectivity index (χ3v) is 5.34. The monoisotopic (exact) mass is 393 g/mol. The Morgan fingerprint density at radius 1 is 1.10 bits per heavy atom. The van der Waals surface area contributed by atoms with Crippen LogP contribution in [-0.2, 0) is 4.79 Å². The molecule has 4 rings (SSSR count). The van der Waals surface area contributed by atoms with Crippen LogP contribution in [0.1, 0.15) is 36.8 Å². The second-order valence-corrected chi connectivity index (χ2v) is 7.08. The van der Waals surface area contributed by atoms with Crippen molar-refractivity contribution in [3.05, 3.63) is 60.0 Å². The molecule has 2 aromatic carbocycles. The summed E-state index contributed by atoms with van der Waals surface area (Å²) < 4.78 is 15.9. The minimum absolute atomic E-state index is 0.0424. The van der Waals surface area contributed by atoms with E-state index in [1.54, 1.807) is 14.2 Å². The maximum absolute atomic E-state index is 12.7. The SMILES string of the molecule is COc1ccc(C(C)N2CC(c3nc(-c4cccc(OC)c4)no3)CC2=O)cc1. The molecule has 7 nitrogen and oxygen atoms in total. The quantitative estimate of drug-likeness (QED) is 0.633. The van der Waals surface area contributed by atoms with Gasteiger partial charge in [-0.15, -0.1) is 0 Å². The van der Waals surface area contributed by atoms with Gasteiger partial charge in [0.1, 0.15) is 11.5 Å². The van der Waals surface area contributed by atoms with Crippen molar-refractivity contribution < 1.29 is 18.8 Å². The molecular formula is C22H23N3O4. The van der Waals surface area contributed by atoms with Crippen molar-refractivity contribution in [1.82, 2.24) is 15.0 Å². The Kier molecular flexibility index (Phi) is 5.20. The van der Waals surface area contributed by atoms with Gasteiger partial charge in [-0.05, 0) is 36.8 Å². The topological polar surface area (TPSA) is 77.7 Å². The van der Waals surface area contributed by atoms with E-state index in [9.17, 15) is 4.79 Å². The predicted octanol–water partition coefficient (Wildman–Crippen LogP) is 3.83. The molecule has 1 amide bonds. The lowest BCUT2D eigenvalue weighted by Gasteiger charge is -2.25. The number of amides is 1. The third-order valence-electron chi connectivity index (χ3n) is 5.34. The van der Waals surface area contributed by atoms with Gasteiger partial charge in [0, 0.05) is 18.5 Å². The molecule has 1 aliphatic rings. The lowest BCUT2D eigenvalue weighted by atomic mass is 10.1. The fraction of sp³-hybridized carbons (Fsp3) is 0.318. The number of likely N-dealkylation sites (tertiary alicyclic amines) is 1. The van der Waals surface area contributed by atoms with Gasteiger partial charge in [-0.2, -0.15) is 4.98 Å². The van der Waals surface area contributed by atoms with Crippen molar-refractivity contribution >= 4 is 5.91 Å². The van der Waals surface area contributed by atoms with E-state index >= 15 is 0 Å². The van der Waals surface area contributed by atoms with E-state index in [1.807, 2.05) is 60.4 Å². The van der Waals surface area contributed by atoms with Crippen molar-refractivity contribution in [2.45, 2.75) is 25.3 Å². The van der Waals surface area contributed by atoms with E-state index in [-0.39, 0.29) is 17.9 Å². The number of aromatic nitrogens is 2. The summed E-state index contributed by atoms with van der Waals surface area (Å²) >= 11 is 0. The lowest BCUT2D eigenvalue weighted by Crippen LogP contribution is -2.28. The highest BCUT2D eigenvalue weighted by molar-refractivity contribution is 5.80. The zero-order chi connectivity index (χ0) is 20.4. The van der Waals surface area contributed by atoms with E-state index in [4.69, 9.17) is 14.0 Å². The highest BCUT2D eigenvalue weighted by atomic mass is 16.5. The first-order valence-corrected chi connectivity index (χ1v) is 9.50. The Labute approximate surface area is 169 Å². The van der Waals surface area contributed by atoms with Crippen LogP contribution in [-0.4, -0.2) is 41.7 Å². The van der Waals surface area contributed by atoms with Gasteiger partial charge in [0.05, 0.1) is 26.2 Å². The lowest BCUT2D eigenvalue weighted by molar-refractivity contribution is -0.129. The molecule has 1 saturated heterocycles. The molecule has 2 unspecified atom stereocenters. The summed E-state index contributed by atoms with van der Waals surface area (Å²) in [5, 5.41) is 4.09. The maximum atomic E-state index is 12.7. The van der Waals surface area contributed by atoms with Crippen LogP contribution in [0, 0.1) is 0 Å². The number of hydrogen-bond acceptors (Lipinski definition) is 6. The molecule has 2 heterocycles. The summed E-state index contributed by atoms with van der Waals surface area (Å²) in [7, 11) is 3.25. The van der Waals surface area contributed by atoms with Crippen LogP contribution in [0.5, 0.6) is 11.5 Å². The average molecular weight is 393 g/mol. The number of benzene rings is 2. The number of rotatable bonds is 6. The predicted molar refractivity (Wildman–Crippen MR) is 107 cm³/mol. The molecule has 7 heteroatoms. The van der Waals surface area contributed by atoms with Gasteiger partial charge in [-0.25, -0.2) is 0 Å². The molecular weight excluding hydrogens is 370 g/mol. The smallest absolute Gasteiger partial charge is 0.232 e. The molecule has 1 fully saturated rings. The summed E-state index contributed by atoms with van der Waals surface area (Å²) in [6.07, 6.45) is 0.361. The van der Waals surface area contributed by atoms with Crippen LogP contribution in [0.15, 0.2) is 53.1 Å². The van der Waals surface area contributed by atoms with E-state index in [1.165, 1.54) is 0 Å². The molecule has 0 bridgehead atoms. The fourth-order valence-corrected chi connectivity index (χ4v) is 3.61. The molecule has 3 aromatic rings. The number of hydrogen-bond donors (Lipinski definition) is 0. The molecule has 0 N–H and O–H groups in total. The van der Waals surface area contributed by atoms with Crippen molar-refractivity contribution in [1.29, 1.82) is 0 Å². The van der Waals surface area contributed by atoms with E-state index in [0.29, 0.717) is 24.7 Å². The van der Waals surface area contributed by atoms with Gasteiger partial charge in [0.2, 0.25) is 17.6 Å². The first kappa shape index (κ1) is 19.0. The van der Waals surface area contributed by atoms with Crippen LogP contribution in [0.2, 0.25) is 0 Å². The molecule has 0 spiro atoms. The van der Waals surface area contributed by atoms with E-state index in [2.05, 4.69) is 10.1 Å². The third kappa shape index (κ3) is 3.81. The van der Waals surface area contributed by atoms with Gasteiger partial charge in [-0.1, -0.05) is 29.4 Å². The van der Waals surface area contributed by atoms with Crippen LogP contribution in [0.3, 0.4) is 0 Å². The Morgan fingerprint density at radius 2 is 1.86 bits per heavy atom. The first-order chi connectivity index (χ1) is 14.1. The van der Waals surface area contributed by atoms with Crippen molar-refractivity contribution in [3.8, 4) is 22.9 Å². The number of carbonyl (C=O) groups is 1. The largest absolute Gasteiger partial charge is 0.497 e. The highest BCUT2D eigenvalue weighted by Crippen LogP contribution is 2.34. The molecule has 0 radical (unpaired) electrons. The number of carbonyl (C=O) groups excluding carboxylic acids is 1. The number of methoxy groups -OCH3 is 2. The summed E-state index contributed by atoms with van der Waals surface area (Å²) in [5.74, 6) is 2.47. The number of ether oxygens (including phenoxy) is 2. The molecule has 0 saturated carbocycles. The Morgan fingerprint density at radius 3 is 2.59 bits per heavy atom. The first-order valence-electron chi connectivity index (χ1n) is 9.50. The molecule has 2 atom stereocenters. The van der Waals surface area contributed by atoms with Gasteiger partial charge in [0.25, 0.3) is 0 Å². The zero-order valence-corrected chi connectivity index (χ0v) is 16.7. The summed E-state index contributed by atoms with van der Waals surface area (Å²) in [5.41, 5.74) is 1.87. The molecule has 0 aliphatic carbocycles. The van der Waals surface area contributed by atoms with Crippen LogP contribution in [0.25, 0.3) is 11.4 Å². The standard InChI is InChI=1S/C22H23N3O4/c1-14(15-7-9-18(27-2)10-8-15)25-13-17(12-20(25)26)22-23-21(24-29-22)16-5-4-6-19(11-16)28-3/h4-11,14,17H,12-13H2,1-3H3. The van der Waals surface area contributed by atoms with Crippen molar-refractivity contribution in [3.63, 3.8) is 0 Å². The Bertz CT molecular complexity index is 999.